The molecule has 2 N–H and O–H groups in total. The molecular weight excluding hydrogens is 218 g/mol. The lowest BCUT2D eigenvalue weighted by atomic mass is 10.0. The highest BCUT2D eigenvalue weighted by molar-refractivity contribution is 7.99. The van der Waals surface area contributed by atoms with Crippen LogP contribution in [0.25, 0.3) is 0 Å². The Kier molecular flexibility index (Phi) is 3.92. The second-order valence-corrected chi connectivity index (χ2v) is 6.13. The molecule has 1 saturated heterocycles. The molecule has 0 bridgehead atoms. The Hall–Kier alpha value is -0.480. The summed E-state index contributed by atoms with van der Waals surface area (Å²) in [5, 5.41) is 0. The fourth-order valence-electron chi connectivity index (χ4n) is 2.28. The van der Waals surface area contributed by atoms with E-state index in [9.17, 15) is 0 Å². The van der Waals surface area contributed by atoms with Crippen molar-refractivity contribution in [3.63, 3.8) is 0 Å². The Balaban J connectivity index is 2.11. The Morgan fingerprint density at radius 1 is 1.62 bits per heavy atom. The molecule has 0 aliphatic carbocycles. The van der Waals surface area contributed by atoms with Gasteiger partial charge in [0.15, 0.2) is 0 Å². The maximum Gasteiger partial charge on any atom is 0.0951 e. The average Bonchev–Trinajstić information content (AvgIpc) is 2.87. The molecule has 1 aromatic rings. The van der Waals surface area contributed by atoms with Gasteiger partial charge in [0.05, 0.1) is 12.0 Å². The summed E-state index contributed by atoms with van der Waals surface area (Å²) in [4.78, 5) is 4.27. The minimum absolute atomic E-state index is 0.132. The van der Waals surface area contributed by atoms with E-state index < -0.39 is 0 Å². The van der Waals surface area contributed by atoms with E-state index in [4.69, 9.17) is 5.73 Å². The van der Waals surface area contributed by atoms with E-state index in [1.807, 2.05) is 24.3 Å². The highest BCUT2D eigenvalue weighted by Crippen LogP contribution is 2.30. The van der Waals surface area contributed by atoms with Gasteiger partial charge < -0.3 is 10.3 Å². The molecule has 0 amide bonds. The van der Waals surface area contributed by atoms with E-state index >= 15 is 0 Å². The molecule has 16 heavy (non-hydrogen) atoms. The molecular formula is C12H21N3S. The van der Waals surface area contributed by atoms with Crippen LogP contribution in [0, 0.1) is 5.92 Å². The number of thioether (sulfide) groups is 1. The normalized spacial score (nSPS) is 22.9. The molecule has 3 nitrogen and oxygen atoms in total. The second kappa shape index (κ2) is 5.23. The molecule has 1 aliphatic heterocycles. The van der Waals surface area contributed by atoms with E-state index in [0.29, 0.717) is 12.0 Å². The van der Waals surface area contributed by atoms with Crippen LogP contribution in [0.5, 0.6) is 0 Å². The van der Waals surface area contributed by atoms with Crippen LogP contribution in [0.4, 0.5) is 0 Å². The van der Waals surface area contributed by atoms with E-state index in [1.165, 1.54) is 23.6 Å². The highest BCUT2D eigenvalue weighted by atomic mass is 32.2. The van der Waals surface area contributed by atoms with Gasteiger partial charge in [0.25, 0.3) is 0 Å². The van der Waals surface area contributed by atoms with Gasteiger partial charge in [-0.3, -0.25) is 0 Å². The largest absolute Gasteiger partial charge is 0.329 e. The molecule has 90 valence electrons. The van der Waals surface area contributed by atoms with Crippen LogP contribution in [0.1, 0.15) is 44.5 Å². The van der Waals surface area contributed by atoms with Gasteiger partial charge in [-0.25, -0.2) is 4.98 Å². The lowest BCUT2D eigenvalue weighted by Crippen LogP contribution is -2.19. The van der Waals surface area contributed by atoms with E-state index in [-0.39, 0.29) is 6.04 Å². The van der Waals surface area contributed by atoms with Crippen LogP contribution in [0.15, 0.2) is 12.5 Å². The van der Waals surface area contributed by atoms with Crippen molar-refractivity contribution in [2.75, 3.05) is 11.5 Å². The van der Waals surface area contributed by atoms with Crippen LogP contribution in [0.3, 0.4) is 0 Å². The van der Waals surface area contributed by atoms with Crippen molar-refractivity contribution in [1.29, 1.82) is 0 Å². The first-order valence-corrected chi connectivity index (χ1v) is 7.19. The van der Waals surface area contributed by atoms with Crippen LogP contribution in [-0.2, 0) is 0 Å². The van der Waals surface area contributed by atoms with Gasteiger partial charge >= 0.3 is 0 Å². The second-order valence-electron chi connectivity index (χ2n) is 4.98. The zero-order valence-electron chi connectivity index (χ0n) is 10.1. The molecule has 1 fully saturated rings. The summed E-state index contributed by atoms with van der Waals surface area (Å²) in [7, 11) is 0. The summed E-state index contributed by atoms with van der Waals surface area (Å²) in [5.74, 6) is 3.11. The lowest BCUT2D eigenvalue weighted by Gasteiger charge is -2.20. The predicted octanol–water partition coefficient (Wildman–Crippen LogP) is 2.61. The Bertz CT molecular complexity index is 329. The van der Waals surface area contributed by atoms with Crippen LogP contribution in [-0.4, -0.2) is 21.1 Å². The molecule has 0 radical (unpaired) electrons. The lowest BCUT2D eigenvalue weighted by molar-refractivity contribution is 0.460. The summed E-state index contributed by atoms with van der Waals surface area (Å²) >= 11 is 2.03. The molecule has 1 aromatic heterocycles. The first kappa shape index (κ1) is 12.0. The van der Waals surface area contributed by atoms with Crippen LogP contribution >= 0.6 is 11.8 Å². The summed E-state index contributed by atoms with van der Waals surface area (Å²) in [6, 6.07) is 0.744. The number of rotatable bonds is 4. The Labute approximate surface area is 102 Å². The first-order valence-electron chi connectivity index (χ1n) is 6.03. The number of hydrogen-bond donors (Lipinski definition) is 1. The number of imidazole rings is 1. The molecule has 2 unspecified atom stereocenters. The summed E-state index contributed by atoms with van der Waals surface area (Å²) in [6.07, 6.45) is 6.18. The first-order chi connectivity index (χ1) is 7.68. The van der Waals surface area contributed by atoms with Crippen molar-refractivity contribution in [2.45, 2.75) is 38.8 Å². The molecule has 2 atom stereocenters. The maximum absolute atomic E-state index is 6.24. The number of aromatic nitrogens is 2. The molecule has 2 rings (SSSR count). The molecule has 1 aliphatic rings. The quantitative estimate of drug-likeness (QED) is 0.878. The van der Waals surface area contributed by atoms with E-state index in [0.717, 1.165) is 6.42 Å². The third-order valence-corrected chi connectivity index (χ3v) is 4.25. The summed E-state index contributed by atoms with van der Waals surface area (Å²) in [5.41, 5.74) is 7.45. The van der Waals surface area contributed by atoms with Crippen molar-refractivity contribution >= 4 is 11.8 Å². The number of nitrogens with two attached hydrogens (primary N) is 1. The van der Waals surface area contributed by atoms with Gasteiger partial charge in [-0.1, -0.05) is 13.8 Å². The average molecular weight is 239 g/mol. The number of hydrogen-bond acceptors (Lipinski definition) is 3. The molecule has 4 heteroatoms. The van der Waals surface area contributed by atoms with E-state index in [1.54, 1.807) is 0 Å². The van der Waals surface area contributed by atoms with Gasteiger partial charge in [0.1, 0.15) is 0 Å². The van der Waals surface area contributed by atoms with Crippen molar-refractivity contribution in [3.05, 3.63) is 18.2 Å². The minimum Gasteiger partial charge on any atom is -0.329 e. The zero-order chi connectivity index (χ0) is 11.5. The van der Waals surface area contributed by atoms with Crippen LogP contribution < -0.4 is 5.73 Å². The van der Waals surface area contributed by atoms with Gasteiger partial charge in [-0.15, -0.1) is 0 Å². The van der Waals surface area contributed by atoms with Crippen LogP contribution in [0.2, 0.25) is 0 Å². The van der Waals surface area contributed by atoms with E-state index in [2.05, 4.69) is 23.4 Å². The third kappa shape index (κ3) is 2.61. The minimum atomic E-state index is 0.132. The fraction of sp³-hybridized carbons (Fsp3) is 0.750. The smallest absolute Gasteiger partial charge is 0.0951 e. The van der Waals surface area contributed by atoms with Gasteiger partial charge in [0, 0.05) is 24.0 Å². The fourth-order valence-corrected chi connectivity index (χ4v) is 3.48. The summed E-state index contributed by atoms with van der Waals surface area (Å²) < 4.78 is 2.30. The topological polar surface area (TPSA) is 43.8 Å². The molecule has 0 spiro atoms. The predicted molar refractivity (Wildman–Crippen MR) is 69.6 cm³/mol. The zero-order valence-corrected chi connectivity index (χ0v) is 10.9. The van der Waals surface area contributed by atoms with Crippen molar-refractivity contribution in [1.82, 2.24) is 9.55 Å². The SMILES string of the molecule is CC(C)CC(N)c1cncn1C1CCSC1. The summed E-state index contributed by atoms with van der Waals surface area (Å²) in [6.45, 7) is 4.43. The number of nitrogens with zero attached hydrogens (tertiary/aromatic N) is 2. The van der Waals surface area contributed by atoms with Crippen molar-refractivity contribution in [3.8, 4) is 0 Å². The van der Waals surface area contributed by atoms with Gasteiger partial charge in [-0.2, -0.15) is 11.8 Å². The molecule has 0 aromatic carbocycles. The van der Waals surface area contributed by atoms with Crippen molar-refractivity contribution in [2.24, 2.45) is 11.7 Å². The monoisotopic (exact) mass is 239 g/mol. The Morgan fingerprint density at radius 3 is 3.06 bits per heavy atom. The third-order valence-electron chi connectivity index (χ3n) is 3.10. The molecule has 0 saturated carbocycles. The molecule has 2 heterocycles. The highest BCUT2D eigenvalue weighted by Gasteiger charge is 2.22. The maximum atomic E-state index is 6.24. The van der Waals surface area contributed by atoms with Gasteiger partial charge in [-0.05, 0) is 24.5 Å². The standard InChI is InChI=1S/C12H21N3S/c1-9(2)5-11(13)12-6-14-8-15(12)10-3-4-16-7-10/h6,8-11H,3-5,7,13H2,1-2H3. The van der Waals surface area contributed by atoms with Crippen molar-refractivity contribution < 1.29 is 0 Å². The Morgan fingerprint density at radius 2 is 2.44 bits per heavy atom. The van der Waals surface area contributed by atoms with Gasteiger partial charge in [0.2, 0.25) is 0 Å².